The molecule has 0 N–H and O–H groups in total. The molecule has 1 aromatic carbocycles. The first-order valence-corrected chi connectivity index (χ1v) is 7.81. The lowest BCUT2D eigenvalue weighted by atomic mass is 10.1. The first-order chi connectivity index (χ1) is 12.0. The molecule has 0 aliphatic carbocycles. The molecule has 0 unspecified atom stereocenters. The minimum absolute atomic E-state index is 0.0725. The van der Waals surface area contributed by atoms with Crippen molar-refractivity contribution >= 4 is 22.8 Å². The number of halogens is 1. The maximum atomic E-state index is 12.6. The summed E-state index contributed by atoms with van der Waals surface area (Å²) in [5.74, 6) is 0. The fourth-order valence-electron chi connectivity index (χ4n) is 2.71. The van der Waals surface area contributed by atoms with Crippen LogP contribution >= 0.6 is 11.6 Å². The van der Waals surface area contributed by atoms with E-state index in [0.29, 0.717) is 11.1 Å². The second kappa shape index (κ2) is 6.42. The van der Waals surface area contributed by atoms with E-state index in [-0.39, 0.29) is 29.5 Å². The Balaban J connectivity index is 2.32. The van der Waals surface area contributed by atoms with Crippen LogP contribution in [0.4, 0.5) is 0 Å². The van der Waals surface area contributed by atoms with E-state index in [4.69, 9.17) is 11.6 Å². The van der Waals surface area contributed by atoms with E-state index in [0.717, 1.165) is 4.57 Å². The van der Waals surface area contributed by atoms with Gasteiger partial charge in [0.1, 0.15) is 0 Å². The average Bonchev–Trinajstić information content (AvgIpc) is 2.93. The van der Waals surface area contributed by atoms with Gasteiger partial charge in [-0.25, -0.2) is 4.79 Å². The molecule has 0 aliphatic heterocycles. The van der Waals surface area contributed by atoms with Crippen LogP contribution in [0.3, 0.4) is 0 Å². The number of fused-ring (bicyclic) bond motifs is 1. The van der Waals surface area contributed by atoms with E-state index in [2.05, 4.69) is 17.6 Å². The fraction of sp³-hybridized carbons (Fsp3) is 0.176. The largest absolute Gasteiger partial charge is 0.332 e. The number of benzene rings is 1. The van der Waals surface area contributed by atoms with E-state index in [1.54, 1.807) is 30.3 Å². The smallest absolute Gasteiger partial charge is 0.304 e. The highest BCUT2D eigenvalue weighted by atomic mass is 35.5. The van der Waals surface area contributed by atoms with Gasteiger partial charge in [0.2, 0.25) is 5.28 Å². The predicted molar refractivity (Wildman–Crippen MR) is 94.7 cm³/mol. The number of imidazole rings is 1. The van der Waals surface area contributed by atoms with Gasteiger partial charge in [-0.05, 0) is 23.2 Å². The average molecular weight is 356 g/mol. The number of nitrogens with zero attached hydrogens (tertiary/aromatic N) is 5. The van der Waals surface area contributed by atoms with Gasteiger partial charge in [0, 0.05) is 13.6 Å². The van der Waals surface area contributed by atoms with Crippen molar-refractivity contribution in [3.8, 4) is 6.07 Å². The van der Waals surface area contributed by atoms with Crippen LogP contribution in [0.25, 0.3) is 11.2 Å². The third kappa shape index (κ3) is 2.66. The quantitative estimate of drug-likeness (QED) is 0.526. The molecule has 3 aromatic rings. The summed E-state index contributed by atoms with van der Waals surface area (Å²) >= 11 is 6.24. The van der Waals surface area contributed by atoms with E-state index >= 15 is 0 Å². The third-order valence-corrected chi connectivity index (χ3v) is 4.25. The molecular weight excluding hydrogens is 342 g/mol. The van der Waals surface area contributed by atoms with Crippen LogP contribution in [-0.4, -0.2) is 18.7 Å². The Morgan fingerprint density at radius 3 is 2.72 bits per heavy atom. The lowest BCUT2D eigenvalue weighted by molar-refractivity contribution is 0.674. The molecule has 0 aliphatic rings. The second-order valence-corrected chi connectivity index (χ2v) is 5.79. The van der Waals surface area contributed by atoms with Crippen LogP contribution in [0, 0.1) is 11.3 Å². The van der Waals surface area contributed by atoms with Crippen LogP contribution < -0.4 is 11.2 Å². The topological polar surface area (TPSA) is 85.6 Å². The van der Waals surface area contributed by atoms with Crippen molar-refractivity contribution in [2.45, 2.75) is 13.1 Å². The van der Waals surface area contributed by atoms with Crippen molar-refractivity contribution < 1.29 is 0 Å². The van der Waals surface area contributed by atoms with Crippen LogP contribution in [0.1, 0.15) is 11.1 Å². The van der Waals surface area contributed by atoms with Gasteiger partial charge in [-0.3, -0.25) is 13.9 Å². The Kier molecular flexibility index (Phi) is 4.30. The molecule has 8 heteroatoms. The van der Waals surface area contributed by atoms with Gasteiger partial charge in [0.25, 0.3) is 5.56 Å². The third-order valence-electron chi connectivity index (χ3n) is 3.96. The maximum Gasteiger partial charge on any atom is 0.332 e. The van der Waals surface area contributed by atoms with Crippen LogP contribution in [0.5, 0.6) is 0 Å². The zero-order valence-corrected chi connectivity index (χ0v) is 14.2. The van der Waals surface area contributed by atoms with E-state index in [1.807, 2.05) is 0 Å². The lowest BCUT2D eigenvalue weighted by Crippen LogP contribution is -2.38. The molecule has 2 aromatic heterocycles. The highest BCUT2D eigenvalue weighted by molar-refractivity contribution is 6.29. The number of allylic oxidation sites excluding steroid dienone is 1. The summed E-state index contributed by atoms with van der Waals surface area (Å²) in [5.41, 5.74) is 0.616. The maximum absolute atomic E-state index is 12.6. The highest BCUT2D eigenvalue weighted by Crippen LogP contribution is 2.19. The van der Waals surface area contributed by atoms with Gasteiger partial charge in [-0.15, -0.1) is 6.58 Å². The molecule has 0 atom stereocenters. The summed E-state index contributed by atoms with van der Waals surface area (Å²) in [6.07, 6.45) is 1.54. The van der Waals surface area contributed by atoms with E-state index in [9.17, 15) is 14.9 Å². The zero-order chi connectivity index (χ0) is 18.1. The molecule has 126 valence electrons. The molecule has 0 saturated carbocycles. The molecule has 0 spiro atoms. The van der Waals surface area contributed by atoms with Crippen LogP contribution in [0.15, 0.2) is 46.5 Å². The van der Waals surface area contributed by atoms with Crippen molar-refractivity contribution in [3.05, 3.63) is 74.2 Å². The Hall–Kier alpha value is -3.11. The number of hydrogen-bond donors (Lipinski definition) is 0. The Morgan fingerprint density at radius 2 is 2.04 bits per heavy atom. The molecule has 0 bridgehead atoms. The summed E-state index contributed by atoms with van der Waals surface area (Å²) in [6, 6.07) is 9.15. The molecule has 0 saturated heterocycles. The summed E-state index contributed by atoms with van der Waals surface area (Å²) in [5, 5.41) is 9.32. The molecule has 0 fully saturated rings. The van der Waals surface area contributed by atoms with Gasteiger partial charge in [0.15, 0.2) is 11.2 Å². The van der Waals surface area contributed by atoms with Gasteiger partial charge in [-0.2, -0.15) is 10.2 Å². The van der Waals surface area contributed by atoms with E-state index in [1.165, 1.54) is 16.2 Å². The molecule has 3 rings (SSSR count). The van der Waals surface area contributed by atoms with Crippen LogP contribution in [0.2, 0.25) is 5.28 Å². The van der Waals surface area contributed by atoms with Crippen molar-refractivity contribution in [1.29, 1.82) is 5.26 Å². The SMILES string of the molecule is C=CCn1c(=O)n(C)c(=O)c2c1nc(Cl)n2Cc1ccccc1C#N. The summed E-state index contributed by atoms with van der Waals surface area (Å²) in [4.78, 5) is 29.1. The Morgan fingerprint density at radius 1 is 1.32 bits per heavy atom. The minimum Gasteiger partial charge on any atom is -0.304 e. The molecule has 0 radical (unpaired) electrons. The van der Waals surface area contributed by atoms with Gasteiger partial charge in [-0.1, -0.05) is 24.3 Å². The summed E-state index contributed by atoms with van der Waals surface area (Å²) in [7, 11) is 1.40. The first kappa shape index (κ1) is 16.7. The number of aromatic nitrogens is 4. The predicted octanol–water partition coefficient (Wildman–Crippen LogP) is 1.66. The Bertz CT molecular complexity index is 1150. The standard InChI is InChI=1S/C17H14ClN5O2/c1-3-8-22-14-13(15(24)21(2)17(22)25)23(16(18)20-14)10-12-7-5-4-6-11(12)9-19/h3-7H,1,8,10H2,2H3. The molecule has 25 heavy (non-hydrogen) atoms. The van der Waals surface area contributed by atoms with Crippen molar-refractivity contribution in [1.82, 2.24) is 18.7 Å². The lowest BCUT2D eigenvalue weighted by Gasteiger charge is -2.09. The fourth-order valence-corrected chi connectivity index (χ4v) is 2.93. The number of hydrogen-bond acceptors (Lipinski definition) is 4. The number of nitriles is 1. The van der Waals surface area contributed by atoms with Gasteiger partial charge >= 0.3 is 5.69 Å². The molecule has 2 heterocycles. The monoisotopic (exact) mass is 355 g/mol. The van der Waals surface area contributed by atoms with Gasteiger partial charge in [0.05, 0.1) is 18.2 Å². The molecule has 7 nitrogen and oxygen atoms in total. The van der Waals surface area contributed by atoms with Crippen molar-refractivity contribution in [3.63, 3.8) is 0 Å². The van der Waals surface area contributed by atoms with E-state index < -0.39 is 11.2 Å². The first-order valence-electron chi connectivity index (χ1n) is 7.44. The minimum atomic E-state index is -0.492. The van der Waals surface area contributed by atoms with Crippen molar-refractivity contribution in [2.75, 3.05) is 0 Å². The van der Waals surface area contributed by atoms with Crippen LogP contribution in [-0.2, 0) is 20.1 Å². The summed E-state index contributed by atoms with van der Waals surface area (Å²) < 4.78 is 3.85. The highest BCUT2D eigenvalue weighted by Gasteiger charge is 2.19. The normalized spacial score (nSPS) is 10.8. The number of rotatable bonds is 4. The second-order valence-electron chi connectivity index (χ2n) is 5.45. The van der Waals surface area contributed by atoms with Crippen molar-refractivity contribution in [2.24, 2.45) is 7.05 Å². The zero-order valence-electron chi connectivity index (χ0n) is 13.4. The van der Waals surface area contributed by atoms with Gasteiger partial charge < -0.3 is 4.57 Å². The molecular formula is C17H14ClN5O2. The summed E-state index contributed by atoms with van der Waals surface area (Å²) in [6.45, 7) is 4.02. The Labute approximate surface area is 147 Å². The molecule has 0 amide bonds.